The van der Waals surface area contributed by atoms with Crippen molar-refractivity contribution in [1.29, 1.82) is 0 Å². The Bertz CT molecular complexity index is 374. The summed E-state index contributed by atoms with van der Waals surface area (Å²) in [7, 11) is -0.418. The van der Waals surface area contributed by atoms with Crippen LogP contribution in [0.15, 0.2) is 0 Å². The average Bonchev–Trinajstić information content (AvgIpc) is 2.57. The van der Waals surface area contributed by atoms with Gasteiger partial charge in [0.1, 0.15) is 0 Å². The molecule has 0 aromatic heterocycles. The minimum atomic E-state index is -0.290. The second-order valence-electron chi connectivity index (χ2n) is 8.52. The highest BCUT2D eigenvalue weighted by atomic mass is 16.7. The van der Waals surface area contributed by atoms with E-state index >= 15 is 0 Å². The monoisotopic (exact) mass is 296 g/mol. The van der Waals surface area contributed by atoms with Crippen LogP contribution in [-0.4, -0.2) is 36.6 Å². The predicted octanol–water partition coefficient (Wildman–Crippen LogP) is 3.56. The summed E-state index contributed by atoms with van der Waals surface area (Å²) in [4.78, 5) is 0. The number of rotatable bonds is 3. The first kappa shape index (κ1) is 17.3. The highest BCUT2D eigenvalue weighted by molar-refractivity contribution is 6.53. The van der Waals surface area contributed by atoms with Crippen LogP contribution >= 0.6 is 0 Å². The Hall–Kier alpha value is -0.0301. The van der Waals surface area contributed by atoms with E-state index in [0.717, 1.165) is 6.32 Å². The first-order valence-corrected chi connectivity index (χ1v) is 7.99. The summed E-state index contributed by atoms with van der Waals surface area (Å²) < 4.78 is 24.3. The summed E-state index contributed by atoms with van der Waals surface area (Å²) in [5, 5.41) is 0. The fourth-order valence-electron chi connectivity index (χ4n) is 2.60. The third-order valence-electron chi connectivity index (χ3n) is 5.60. The molecule has 0 bridgehead atoms. The van der Waals surface area contributed by atoms with Crippen molar-refractivity contribution in [2.45, 2.75) is 96.9 Å². The molecule has 2 aliphatic heterocycles. The molecule has 2 heterocycles. The molecule has 2 fully saturated rings. The maximum Gasteiger partial charge on any atom is 0.460 e. The molecule has 0 amide bonds. The van der Waals surface area contributed by atoms with Gasteiger partial charge in [-0.05, 0) is 67.5 Å². The first-order valence-electron chi connectivity index (χ1n) is 7.99. The van der Waals surface area contributed by atoms with Crippen LogP contribution in [0.5, 0.6) is 0 Å². The van der Waals surface area contributed by atoms with Crippen molar-refractivity contribution < 1.29 is 18.6 Å². The highest BCUT2D eigenvalue weighted by Crippen LogP contribution is 2.43. The van der Waals surface area contributed by atoms with Crippen molar-refractivity contribution in [3.8, 4) is 0 Å². The highest BCUT2D eigenvalue weighted by Gasteiger charge is 2.56. The Balaban J connectivity index is 1.97. The van der Waals surface area contributed by atoms with Crippen molar-refractivity contribution in [1.82, 2.24) is 0 Å². The molecule has 0 aromatic rings. The van der Waals surface area contributed by atoms with Gasteiger partial charge in [0.15, 0.2) is 0 Å². The van der Waals surface area contributed by atoms with E-state index in [2.05, 4.69) is 62.3 Å². The van der Waals surface area contributed by atoms with E-state index in [1.165, 1.54) is 0 Å². The normalized spacial score (nSPS) is 30.7. The summed E-state index contributed by atoms with van der Waals surface area (Å²) >= 11 is 0. The van der Waals surface area contributed by atoms with Crippen molar-refractivity contribution in [3.63, 3.8) is 0 Å². The molecular formula is C15H30B2O4. The lowest BCUT2D eigenvalue weighted by molar-refractivity contribution is 0.00578. The van der Waals surface area contributed by atoms with Crippen LogP contribution in [-0.2, 0) is 18.6 Å². The zero-order valence-corrected chi connectivity index (χ0v) is 15.1. The van der Waals surface area contributed by atoms with E-state index in [9.17, 15) is 0 Å². The quantitative estimate of drug-likeness (QED) is 0.746. The molecule has 0 spiro atoms. The van der Waals surface area contributed by atoms with E-state index in [-0.39, 0.29) is 42.5 Å². The Morgan fingerprint density at radius 1 is 0.667 bits per heavy atom. The molecule has 6 heteroatoms. The second kappa shape index (κ2) is 4.98. The predicted molar refractivity (Wildman–Crippen MR) is 86.4 cm³/mol. The van der Waals surface area contributed by atoms with E-state index in [1.54, 1.807) is 0 Å². The molecule has 0 aromatic carbocycles. The molecule has 1 atom stereocenters. The lowest BCUT2D eigenvalue weighted by Gasteiger charge is -2.32. The molecule has 120 valence electrons. The first-order chi connectivity index (χ1) is 9.27. The van der Waals surface area contributed by atoms with Gasteiger partial charge in [-0.3, -0.25) is 0 Å². The Labute approximate surface area is 130 Å². The fourth-order valence-corrected chi connectivity index (χ4v) is 2.60. The lowest BCUT2D eigenvalue weighted by atomic mass is 9.62. The molecule has 2 rings (SSSR count). The van der Waals surface area contributed by atoms with Gasteiger partial charge in [-0.15, -0.1) is 0 Å². The Morgan fingerprint density at radius 2 is 1.00 bits per heavy atom. The molecule has 4 nitrogen and oxygen atoms in total. The van der Waals surface area contributed by atoms with Crippen LogP contribution < -0.4 is 0 Å². The van der Waals surface area contributed by atoms with Crippen molar-refractivity contribution >= 4 is 14.2 Å². The SMILES string of the molecule is CC(CB1OC(C)(C)C(C)(C)O1)B1OC(C)(C)C(C)(C)O1. The van der Waals surface area contributed by atoms with Gasteiger partial charge in [-0.25, -0.2) is 0 Å². The van der Waals surface area contributed by atoms with Gasteiger partial charge in [-0.1, -0.05) is 6.92 Å². The Morgan fingerprint density at radius 3 is 1.38 bits per heavy atom. The van der Waals surface area contributed by atoms with E-state index in [1.807, 2.05) is 0 Å². The van der Waals surface area contributed by atoms with Crippen LogP contribution in [0.1, 0.15) is 62.3 Å². The molecule has 0 saturated carbocycles. The second-order valence-corrected chi connectivity index (χ2v) is 8.52. The molecule has 1 unspecified atom stereocenters. The summed E-state index contributed by atoms with van der Waals surface area (Å²) in [5.41, 5.74) is -1.15. The zero-order valence-electron chi connectivity index (χ0n) is 15.1. The lowest BCUT2D eigenvalue weighted by Crippen LogP contribution is -2.41. The minimum Gasteiger partial charge on any atom is -0.403 e. The minimum absolute atomic E-state index is 0.205. The van der Waals surface area contributed by atoms with Crippen LogP contribution in [0.4, 0.5) is 0 Å². The van der Waals surface area contributed by atoms with Gasteiger partial charge < -0.3 is 18.6 Å². The molecule has 0 N–H and O–H groups in total. The third kappa shape index (κ3) is 3.05. The topological polar surface area (TPSA) is 36.9 Å². The largest absolute Gasteiger partial charge is 0.460 e. The van der Waals surface area contributed by atoms with Crippen LogP contribution in [0.2, 0.25) is 12.1 Å². The maximum absolute atomic E-state index is 6.11. The van der Waals surface area contributed by atoms with Gasteiger partial charge >= 0.3 is 14.2 Å². The van der Waals surface area contributed by atoms with Gasteiger partial charge in [0.2, 0.25) is 0 Å². The molecule has 21 heavy (non-hydrogen) atoms. The van der Waals surface area contributed by atoms with Crippen LogP contribution in [0.3, 0.4) is 0 Å². The number of hydrogen-bond donors (Lipinski definition) is 0. The average molecular weight is 296 g/mol. The van der Waals surface area contributed by atoms with E-state index in [4.69, 9.17) is 18.6 Å². The Kier molecular flexibility index (Phi) is 4.11. The van der Waals surface area contributed by atoms with E-state index in [0.29, 0.717) is 0 Å². The molecular weight excluding hydrogens is 266 g/mol. The standard InChI is InChI=1S/C15H30B2O4/c1-11(17-20-14(6,7)15(8,9)21-17)10-16-18-12(2,3)13(4,5)19-16/h11H,10H2,1-9H3. The summed E-state index contributed by atoms with van der Waals surface area (Å²) in [5.74, 6) is 0.209. The van der Waals surface area contributed by atoms with Gasteiger partial charge in [0.05, 0.1) is 22.4 Å². The molecule has 0 radical (unpaired) electrons. The molecule has 2 aliphatic rings. The van der Waals surface area contributed by atoms with Gasteiger partial charge in [-0.2, -0.15) is 0 Å². The molecule has 2 saturated heterocycles. The maximum atomic E-state index is 6.11. The summed E-state index contributed by atoms with van der Waals surface area (Å²) in [6.45, 7) is 18.7. The van der Waals surface area contributed by atoms with Crippen molar-refractivity contribution in [2.75, 3.05) is 0 Å². The fraction of sp³-hybridized carbons (Fsp3) is 1.00. The third-order valence-corrected chi connectivity index (χ3v) is 5.60. The van der Waals surface area contributed by atoms with Gasteiger partial charge in [0.25, 0.3) is 0 Å². The van der Waals surface area contributed by atoms with E-state index < -0.39 is 0 Å². The van der Waals surface area contributed by atoms with Gasteiger partial charge in [0, 0.05) is 0 Å². The van der Waals surface area contributed by atoms with Crippen molar-refractivity contribution in [2.24, 2.45) is 0 Å². The summed E-state index contributed by atoms with van der Waals surface area (Å²) in [6.07, 6.45) is 0.768. The number of hydrogen-bond acceptors (Lipinski definition) is 4. The van der Waals surface area contributed by atoms with Crippen molar-refractivity contribution in [3.05, 3.63) is 0 Å². The van der Waals surface area contributed by atoms with Crippen LogP contribution in [0.25, 0.3) is 0 Å². The van der Waals surface area contributed by atoms with Crippen LogP contribution in [0, 0.1) is 0 Å². The summed E-state index contributed by atoms with van der Waals surface area (Å²) in [6, 6.07) is 0. The molecule has 0 aliphatic carbocycles. The zero-order chi connectivity index (χ0) is 16.3. The smallest absolute Gasteiger partial charge is 0.403 e.